The van der Waals surface area contributed by atoms with Crippen LogP contribution in [0.15, 0.2) is 29.6 Å². The summed E-state index contributed by atoms with van der Waals surface area (Å²) < 4.78 is 13.5. The van der Waals surface area contributed by atoms with Crippen molar-refractivity contribution in [1.29, 1.82) is 0 Å². The summed E-state index contributed by atoms with van der Waals surface area (Å²) in [5, 5.41) is 7.01. The number of thiazole rings is 1. The lowest BCUT2D eigenvalue weighted by Gasteiger charge is -2.09. The molecule has 0 radical (unpaired) electrons. The number of carbonyl (C=O) groups is 2. The zero-order valence-electron chi connectivity index (χ0n) is 12.8. The van der Waals surface area contributed by atoms with Gasteiger partial charge in [-0.25, -0.2) is 9.37 Å². The van der Waals surface area contributed by atoms with Gasteiger partial charge in [-0.2, -0.15) is 0 Å². The highest BCUT2D eigenvalue weighted by Gasteiger charge is 2.15. The molecule has 0 saturated carbocycles. The molecule has 0 atom stereocenters. The van der Waals surface area contributed by atoms with Crippen molar-refractivity contribution in [1.82, 2.24) is 15.2 Å². The maximum absolute atomic E-state index is 13.5. The molecule has 122 valence electrons. The summed E-state index contributed by atoms with van der Waals surface area (Å²) in [6.45, 7) is 1.22. The van der Waals surface area contributed by atoms with Gasteiger partial charge >= 0.3 is 0 Å². The number of nitrogens with zero attached hydrogens (tertiary/aromatic N) is 2. The molecule has 0 saturated heterocycles. The minimum atomic E-state index is -0.608. The fourth-order valence-electron chi connectivity index (χ4n) is 1.73. The number of carbonyl (C=O) groups excluding carboxylic acids is 2. The Morgan fingerprint density at radius 3 is 2.70 bits per heavy atom. The third kappa shape index (κ3) is 4.83. The van der Waals surface area contributed by atoms with Crippen LogP contribution in [0.25, 0.3) is 0 Å². The van der Waals surface area contributed by atoms with Crippen LogP contribution in [0.2, 0.25) is 0 Å². The van der Waals surface area contributed by atoms with Crippen LogP contribution >= 0.6 is 11.3 Å². The standard InChI is InChI=1S/C15H17FN4O2S/c1-20(2)8-7-17-14(22)12-9-23-15(18-12)19-13(21)10-5-3-4-6-11(10)16/h3-6,9H,7-8H2,1-2H3,(H,17,22)(H,18,19,21). The molecule has 0 aliphatic rings. The highest BCUT2D eigenvalue weighted by molar-refractivity contribution is 7.14. The van der Waals surface area contributed by atoms with E-state index in [2.05, 4.69) is 15.6 Å². The molecule has 0 aliphatic carbocycles. The van der Waals surface area contributed by atoms with Gasteiger partial charge in [0.2, 0.25) is 0 Å². The van der Waals surface area contributed by atoms with E-state index in [9.17, 15) is 14.0 Å². The smallest absolute Gasteiger partial charge is 0.270 e. The highest BCUT2D eigenvalue weighted by Crippen LogP contribution is 2.17. The van der Waals surface area contributed by atoms with Gasteiger partial charge in [-0.1, -0.05) is 12.1 Å². The van der Waals surface area contributed by atoms with E-state index >= 15 is 0 Å². The van der Waals surface area contributed by atoms with Crippen LogP contribution in [-0.2, 0) is 0 Å². The summed E-state index contributed by atoms with van der Waals surface area (Å²) in [6, 6.07) is 5.67. The first-order chi connectivity index (χ1) is 11.0. The van der Waals surface area contributed by atoms with Crippen molar-refractivity contribution in [2.45, 2.75) is 0 Å². The fraction of sp³-hybridized carbons (Fsp3) is 0.267. The van der Waals surface area contributed by atoms with Gasteiger partial charge in [-0.15, -0.1) is 11.3 Å². The van der Waals surface area contributed by atoms with E-state index in [0.29, 0.717) is 13.1 Å². The maximum atomic E-state index is 13.5. The second-order valence-electron chi connectivity index (χ2n) is 5.03. The van der Waals surface area contributed by atoms with E-state index in [1.807, 2.05) is 19.0 Å². The Hall–Kier alpha value is -2.32. The zero-order valence-corrected chi connectivity index (χ0v) is 13.6. The molecule has 8 heteroatoms. The number of anilines is 1. The zero-order chi connectivity index (χ0) is 16.8. The van der Waals surface area contributed by atoms with Crippen molar-refractivity contribution in [3.8, 4) is 0 Å². The number of hydrogen-bond donors (Lipinski definition) is 2. The number of rotatable bonds is 6. The molecule has 0 aliphatic heterocycles. The summed E-state index contributed by atoms with van der Waals surface area (Å²) >= 11 is 1.11. The van der Waals surface area contributed by atoms with Crippen LogP contribution in [0, 0.1) is 5.82 Å². The molecule has 0 fully saturated rings. The Morgan fingerprint density at radius 2 is 2.00 bits per heavy atom. The van der Waals surface area contributed by atoms with Crippen molar-refractivity contribution < 1.29 is 14.0 Å². The molecule has 1 aromatic heterocycles. The molecule has 23 heavy (non-hydrogen) atoms. The third-order valence-corrected chi connectivity index (χ3v) is 3.68. The van der Waals surface area contributed by atoms with Crippen LogP contribution in [0.1, 0.15) is 20.8 Å². The van der Waals surface area contributed by atoms with E-state index in [1.54, 1.807) is 11.4 Å². The monoisotopic (exact) mass is 336 g/mol. The molecule has 2 rings (SSSR count). The van der Waals surface area contributed by atoms with Crippen molar-refractivity contribution >= 4 is 28.3 Å². The van der Waals surface area contributed by atoms with Crippen molar-refractivity contribution in [2.75, 3.05) is 32.5 Å². The van der Waals surface area contributed by atoms with E-state index in [-0.39, 0.29) is 22.3 Å². The minimum absolute atomic E-state index is 0.0697. The average Bonchev–Trinajstić information content (AvgIpc) is 2.95. The molecule has 1 aromatic carbocycles. The van der Waals surface area contributed by atoms with E-state index in [4.69, 9.17) is 0 Å². The van der Waals surface area contributed by atoms with Gasteiger partial charge in [0, 0.05) is 18.5 Å². The highest BCUT2D eigenvalue weighted by atomic mass is 32.1. The normalized spacial score (nSPS) is 10.6. The first kappa shape index (κ1) is 17.0. The molecule has 0 spiro atoms. The first-order valence-corrected chi connectivity index (χ1v) is 7.79. The Kier molecular flexibility index (Phi) is 5.78. The molecule has 1 heterocycles. The summed E-state index contributed by atoms with van der Waals surface area (Å²) in [7, 11) is 3.82. The number of nitrogens with one attached hydrogen (secondary N) is 2. The predicted molar refractivity (Wildman–Crippen MR) is 87.4 cm³/mol. The van der Waals surface area contributed by atoms with Gasteiger partial charge < -0.3 is 10.2 Å². The summed E-state index contributed by atoms with van der Waals surface area (Å²) in [4.78, 5) is 29.8. The van der Waals surface area contributed by atoms with Crippen LogP contribution in [0.4, 0.5) is 9.52 Å². The van der Waals surface area contributed by atoms with Crippen molar-refractivity contribution in [3.63, 3.8) is 0 Å². The van der Waals surface area contributed by atoms with Crippen molar-refractivity contribution in [3.05, 3.63) is 46.7 Å². The number of likely N-dealkylation sites (N-methyl/N-ethyl adjacent to an activating group) is 1. The van der Waals surface area contributed by atoms with Gasteiger partial charge in [-0.3, -0.25) is 14.9 Å². The third-order valence-electron chi connectivity index (χ3n) is 2.92. The van der Waals surface area contributed by atoms with Crippen molar-refractivity contribution in [2.24, 2.45) is 0 Å². The SMILES string of the molecule is CN(C)CCNC(=O)c1csc(NC(=O)c2ccccc2F)n1. The lowest BCUT2D eigenvalue weighted by molar-refractivity contribution is 0.0945. The molecular formula is C15H17FN4O2S. The summed E-state index contributed by atoms with van der Waals surface area (Å²) in [5.74, 6) is -1.52. The van der Waals surface area contributed by atoms with Gasteiger partial charge in [0.1, 0.15) is 11.5 Å². The molecule has 2 aromatic rings. The first-order valence-electron chi connectivity index (χ1n) is 6.91. The summed E-state index contributed by atoms with van der Waals surface area (Å²) in [6.07, 6.45) is 0. The van der Waals surface area contributed by atoms with Crippen LogP contribution in [0.3, 0.4) is 0 Å². The maximum Gasteiger partial charge on any atom is 0.270 e. The Bertz CT molecular complexity index is 702. The molecule has 2 N–H and O–H groups in total. The van der Waals surface area contributed by atoms with Crippen LogP contribution < -0.4 is 10.6 Å². The number of amides is 2. The second-order valence-corrected chi connectivity index (χ2v) is 5.89. The number of benzene rings is 1. The van der Waals surface area contributed by atoms with Crippen LogP contribution in [-0.4, -0.2) is 48.9 Å². The van der Waals surface area contributed by atoms with Gasteiger partial charge in [0.25, 0.3) is 11.8 Å². The van der Waals surface area contributed by atoms with Gasteiger partial charge in [-0.05, 0) is 26.2 Å². The molecule has 0 bridgehead atoms. The minimum Gasteiger partial charge on any atom is -0.349 e. The van der Waals surface area contributed by atoms with Crippen LogP contribution in [0.5, 0.6) is 0 Å². The fourth-order valence-corrected chi connectivity index (χ4v) is 2.41. The Morgan fingerprint density at radius 1 is 1.26 bits per heavy atom. The quantitative estimate of drug-likeness (QED) is 0.844. The number of aromatic nitrogens is 1. The lowest BCUT2D eigenvalue weighted by atomic mass is 10.2. The van der Waals surface area contributed by atoms with E-state index < -0.39 is 11.7 Å². The second kappa shape index (κ2) is 7.80. The molecular weight excluding hydrogens is 319 g/mol. The summed E-state index contributed by atoms with van der Waals surface area (Å²) in [5.41, 5.74) is 0.150. The Balaban J connectivity index is 1.95. The molecule has 6 nitrogen and oxygen atoms in total. The number of hydrogen-bond acceptors (Lipinski definition) is 5. The topological polar surface area (TPSA) is 74.3 Å². The predicted octanol–water partition coefficient (Wildman–Crippen LogP) is 1.83. The van der Waals surface area contributed by atoms with Gasteiger partial charge in [0.05, 0.1) is 5.56 Å². The molecule has 2 amide bonds. The Labute approximate surface area is 137 Å². The van der Waals surface area contributed by atoms with E-state index in [0.717, 1.165) is 11.3 Å². The largest absolute Gasteiger partial charge is 0.349 e. The van der Waals surface area contributed by atoms with E-state index in [1.165, 1.54) is 18.2 Å². The van der Waals surface area contributed by atoms with Gasteiger partial charge in [0.15, 0.2) is 5.13 Å². The lowest BCUT2D eigenvalue weighted by Crippen LogP contribution is -2.31. The molecule has 0 unspecified atom stereocenters. The average molecular weight is 336 g/mol. The number of halogens is 1.